The number of anilines is 1. The van der Waals surface area contributed by atoms with Crippen LogP contribution >= 0.6 is 0 Å². The highest BCUT2D eigenvalue weighted by Gasteiger charge is 2.00. The number of nitrogen functional groups attached to an aromatic ring is 1. The highest BCUT2D eigenvalue weighted by atomic mass is 19.1. The van der Waals surface area contributed by atoms with Gasteiger partial charge >= 0.3 is 0 Å². The van der Waals surface area contributed by atoms with Crippen molar-refractivity contribution in [1.29, 1.82) is 0 Å². The predicted octanol–water partition coefficient (Wildman–Crippen LogP) is 1.14. The molecule has 0 amide bonds. The minimum atomic E-state index is -0.426. The van der Waals surface area contributed by atoms with Crippen LogP contribution in [0.5, 0.6) is 0 Å². The van der Waals surface area contributed by atoms with Crippen LogP contribution in [0.4, 0.5) is 10.1 Å². The average Bonchev–Trinajstić information content (AvgIpc) is 2.10. The van der Waals surface area contributed by atoms with E-state index in [1.807, 2.05) is 0 Å². The first-order chi connectivity index (χ1) is 6.25. The van der Waals surface area contributed by atoms with Gasteiger partial charge in [0.05, 0.1) is 17.9 Å². The second-order valence-corrected chi connectivity index (χ2v) is 2.48. The van der Waals surface area contributed by atoms with E-state index in [-0.39, 0.29) is 12.2 Å². The maximum atomic E-state index is 13.0. The van der Waals surface area contributed by atoms with Crippen molar-refractivity contribution in [2.24, 2.45) is 0 Å². The van der Waals surface area contributed by atoms with Crippen LogP contribution in [0.2, 0.25) is 0 Å². The summed E-state index contributed by atoms with van der Waals surface area (Å²) in [5.74, 6) is 4.76. The third-order valence-electron chi connectivity index (χ3n) is 1.50. The maximum Gasteiger partial charge on any atom is 0.140 e. The van der Waals surface area contributed by atoms with Gasteiger partial charge in [0, 0.05) is 6.42 Å². The smallest absolute Gasteiger partial charge is 0.140 e. The molecule has 0 aliphatic rings. The molecule has 0 radical (unpaired) electrons. The van der Waals surface area contributed by atoms with Crippen LogP contribution in [0.3, 0.4) is 0 Å². The summed E-state index contributed by atoms with van der Waals surface area (Å²) in [5.41, 5.74) is 6.03. The lowest BCUT2D eigenvalue weighted by molar-refractivity contribution is 0.305. The molecule has 0 aromatic heterocycles. The van der Waals surface area contributed by atoms with Gasteiger partial charge in [-0.05, 0) is 12.1 Å². The molecule has 2 nitrogen and oxygen atoms in total. The Morgan fingerprint density at radius 3 is 2.85 bits per heavy atom. The fraction of sp³-hybridized carbons (Fsp3) is 0.200. The molecule has 0 saturated carbocycles. The van der Waals surface area contributed by atoms with E-state index in [2.05, 4.69) is 11.8 Å². The van der Waals surface area contributed by atoms with E-state index in [1.54, 1.807) is 6.07 Å². The third kappa shape index (κ3) is 2.46. The minimum Gasteiger partial charge on any atom is -0.398 e. The summed E-state index contributed by atoms with van der Waals surface area (Å²) in [7, 11) is 0. The molecule has 1 aromatic rings. The first-order valence-electron chi connectivity index (χ1n) is 3.89. The lowest BCUT2D eigenvalue weighted by Crippen LogP contribution is -1.93. The highest BCUT2D eigenvalue weighted by Crippen LogP contribution is 2.13. The third-order valence-corrected chi connectivity index (χ3v) is 1.50. The molecule has 0 saturated heterocycles. The Bertz CT molecular complexity index is 331. The zero-order chi connectivity index (χ0) is 9.68. The summed E-state index contributed by atoms with van der Waals surface area (Å²) in [5, 5.41) is 8.46. The van der Waals surface area contributed by atoms with Crippen molar-refractivity contribution >= 4 is 5.69 Å². The number of hydrogen-bond acceptors (Lipinski definition) is 2. The fourth-order valence-corrected chi connectivity index (χ4v) is 0.879. The Morgan fingerprint density at radius 1 is 1.46 bits per heavy atom. The van der Waals surface area contributed by atoms with Gasteiger partial charge in [-0.25, -0.2) is 4.39 Å². The summed E-state index contributed by atoms with van der Waals surface area (Å²) in [6.45, 7) is -0.0264. The average molecular weight is 179 g/mol. The Kier molecular flexibility index (Phi) is 3.30. The van der Waals surface area contributed by atoms with Gasteiger partial charge in [-0.2, -0.15) is 0 Å². The Morgan fingerprint density at radius 2 is 2.23 bits per heavy atom. The second kappa shape index (κ2) is 4.48. The van der Waals surface area contributed by atoms with Crippen molar-refractivity contribution in [2.45, 2.75) is 6.42 Å². The molecule has 0 fully saturated rings. The normalized spacial score (nSPS) is 9.08. The largest absolute Gasteiger partial charge is 0.398 e. The van der Waals surface area contributed by atoms with Gasteiger partial charge in [0.1, 0.15) is 5.82 Å². The molecular formula is C10H10FNO. The zero-order valence-electron chi connectivity index (χ0n) is 7.05. The molecule has 0 aliphatic carbocycles. The molecule has 0 spiro atoms. The summed E-state index contributed by atoms with van der Waals surface area (Å²) >= 11 is 0. The van der Waals surface area contributed by atoms with Gasteiger partial charge in [0.25, 0.3) is 0 Å². The van der Waals surface area contributed by atoms with Crippen molar-refractivity contribution < 1.29 is 9.50 Å². The van der Waals surface area contributed by atoms with E-state index in [1.165, 1.54) is 12.1 Å². The highest BCUT2D eigenvalue weighted by molar-refractivity contribution is 5.56. The summed E-state index contributed by atoms with van der Waals surface area (Å²) in [6.07, 6.45) is 0.327. The quantitative estimate of drug-likeness (QED) is 0.501. The second-order valence-electron chi connectivity index (χ2n) is 2.48. The topological polar surface area (TPSA) is 46.2 Å². The Labute approximate surface area is 76.2 Å². The molecule has 0 aliphatic heterocycles. The van der Waals surface area contributed by atoms with Crippen molar-refractivity contribution in [3.05, 3.63) is 29.6 Å². The first-order valence-corrected chi connectivity index (χ1v) is 3.89. The minimum absolute atomic E-state index is 0.0264. The van der Waals surface area contributed by atoms with Crippen LogP contribution in [-0.4, -0.2) is 11.7 Å². The van der Waals surface area contributed by atoms with Gasteiger partial charge in [-0.1, -0.05) is 17.9 Å². The number of aliphatic hydroxyl groups excluding tert-OH is 1. The SMILES string of the molecule is Nc1cccc(F)c1C#CCCO. The van der Waals surface area contributed by atoms with E-state index in [4.69, 9.17) is 10.8 Å². The number of benzene rings is 1. The van der Waals surface area contributed by atoms with Crippen LogP contribution < -0.4 is 5.73 Å². The summed E-state index contributed by atoms with van der Waals surface area (Å²) < 4.78 is 13.0. The Hall–Kier alpha value is -1.53. The molecule has 0 bridgehead atoms. The first kappa shape index (κ1) is 9.56. The monoisotopic (exact) mass is 179 g/mol. The van der Waals surface area contributed by atoms with Gasteiger partial charge in [-0.15, -0.1) is 0 Å². The van der Waals surface area contributed by atoms with Crippen LogP contribution in [0.1, 0.15) is 12.0 Å². The van der Waals surface area contributed by atoms with Crippen LogP contribution in [0, 0.1) is 17.7 Å². The fourth-order valence-electron chi connectivity index (χ4n) is 0.879. The predicted molar refractivity (Wildman–Crippen MR) is 49.4 cm³/mol. The molecule has 3 N–H and O–H groups in total. The molecule has 3 heteroatoms. The van der Waals surface area contributed by atoms with Gasteiger partial charge < -0.3 is 10.8 Å². The molecule has 1 rings (SSSR count). The molecule has 68 valence electrons. The van der Waals surface area contributed by atoms with Crippen molar-refractivity contribution in [1.82, 2.24) is 0 Å². The summed E-state index contributed by atoms with van der Waals surface area (Å²) in [6, 6.07) is 4.42. The molecular weight excluding hydrogens is 169 g/mol. The zero-order valence-corrected chi connectivity index (χ0v) is 7.05. The maximum absolute atomic E-state index is 13.0. The molecule has 13 heavy (non-hydrogen) atoms. The van der Waals surface area contributed by atoms with E-state index in [0.29, 0.717) is 12.1 Å². The number of halogens is 1. The van der Waals surface area contributed by atoms with E-state index in [0.717, 1.165) is 0 Å². The van der Waals surface area contributed by atoms with Crippen molar-refractivity contribution in [3.63, 3.8) is 0 Å². The van der Waals surface area contributed by atoms with Crippen LogP contribution in [0.15, 0.2) is 18.2 Å². The molecule has 0 unspecified atom stereocenters. The molecule has 0 atom stereocenters. The van der Waals surface area contributed by atoms with Gasteiger partial charge in [0.15, 0.2) is 0 Å². The molecule has 0 heterocycles. The lowest BCUT2D eigenvalue weighted by Gasteiger charge is -1.97. The molecule has 1 aromatic carbocycles. The van der Waals surface area contributed by atoms with E-state index >= 15 is 0 Å². The standard InChI is InChI=1S/C10H10FNO/c11-9-5-3-6-10(12)8(9)4-1-2-7-13/h3,5-6,13H,2,7,12H2. The Balaban J connectivity index is 2.95. The number of rotatable bonds is 1. The van der Waals surface area contributed by atoms with Gasteiger partial charge in [-0.3, -0.25) is 0 Å². The van der Waals surface area contributed by atoms with Crippen LogP contribution in [-0.2, 0) is 0 Å². The lowest BCUT2D eigenvalue weighted by atomic mass is 10.1. The number of hydrogen-bond donors (Lipinski definition) is 2. The van der Waals surface area contributed by atoms with Gasteiger partial charge in [0.2, 0.25) is 0 Å². The van der Waals surface area contributed by atoms with E-state index < -0.39 is 5.82 Å². The van der Waals surface area contributed by atoms with E-state index in [9.17, 15) is 4.39 Å². The summed E-state index contributed by atoms with van der Waals surface area (Å²) in [4.78, 5) is 0. The number of aliphatic hydroxyl groups is 1. The van der Waals surface area contributed by atoms with Crippen LogP contribution in [0.25, 0.3) is 0 Å². The van der Waals surface area contributed by atoms with Crippen molar-refractivity contribution in [3.8, 4) is 11.8 Å². The van der Waals surface area contributed by atoms with Crippen molar-refractivity contribution in [2.75, 3.05) is 12.3 Å². The number of nitrogens with two attached hydrogens (primary N) is 1.